The zero-order chi connectivity index (χ0) is 17.6. The summed E-state index contributed by atoms with van der Waals surface area (Å²) in [5.74, 6) is -0.749. The molecule has 1 aliphatic heterocycles. The Morgan fingerprint density at radius 2 is 1.84 bits per heavy atom. The topological polar surface area (TPSA) is 67.9 Å². The number of nitrogens with one attached hydrogen (secondary N) is 1. The standard InChI is InChI=1S/C19H20N2O4/c1-24-16-10-6-5-9-15(16)20-18(22)19(23)21-11-12-25-17(13-21)14-7-3-2-4-8-14/h2-10,17H,11-13H2,1H3,(H,20,22)/t17-/m1/s1. The van der Waals surface area contributed by atoms with Gasteiger partial charge in [0.15, 0.2) is 0 Å². The minimum atomic E-state index is -0.682. The van der Waals surface area contributed by atoms with Gasteiger partial charge >= 0.3 is 11.8 Å². The minimum Gasteiger partial charge on any atom is -0.495 e. The molecule has 2 aromatic rings. The average molecular weight is 340 g/mol. The SMILES string of the molecule is COc1ccccc1NC(=O)C(=O)N1CCO[C@@H](c2ccccc2)C1. The van der Waals surface area contributed by atoms with Crippen molar-refractivity contribution in [3.63, 3.8) is 0 Å². The lowest BCUT2D eigenvalue weighted by molar-refractivity contribution is -0.148. The van der Waals surface area contributed by atoms with E-state index >= 15 is 0 Å². The number of nitrogens with zero attached hydrogens (tertiary/aromatic N) is 1. The number of hydrogen-bond donors (Lipinski definition) is 1. The van der Waals surface area contributed by atoms with Crippen LogP contribution in [0, 0.1) is 0 Å². The zero-order valence-corrected chi connectivity index (χ0v) is 14.0. The molecule has 6 heteroatoms. The second-order valence-electron chi connectivity index (χ2n) is 5.68. The molecule has 1 aliphatic rings. The number of ether oxygens (including phenoxy) is 2. The summed E-state index contributed by atoms with van der Waals surface area (Å²) in [6.07, 6.45) is -0.224. The first-order valence-electron chi connectivity index (χ1n) is 8.09. The van der Waals surface area contributed by atoms with Crippen LogP contribution in [0.4, 0.5) is 5.69 Å². The normalized spacial score (nSPS) is 17.0. The van der Waals surface area contributed by atoms with Crippen molar-refractivity contribution >= 4 is 17.5 Å². The Morgan fingerprint density at radius 1 is 1.12 bits per heavy atom. The summed E-state index contributed by atoms with van der Waals surface area (Å²) in [4.78, 5) is 26.3. The number of carbonyl (C=O) groups excluding carboxylic acids is 2. The maximum Gasteiger partial charge on any atom is 0.314 e. The van der Waals surface area contributed by atoms with Gasteiger partial charge in [-0.1, -0.05) is 42.5 Å². The molecule has 3 rings (SSSR count). The van der Waals surface area contributed by atoms with Gasteiger partial charge in [-0.2, -0.15) is 0 Å². The lowest BCUT2D eigenvalue weighted by Crippen LogP contribution is -2.46. The Labute approximate surface area is 146 Å². The predicted molar refractivity (Wildman–Crippen MR) is 93.3 cm³/mol. The van der Waals surface area contributed by atoms with E-state index in [4.69, 9.17) is 9.47 Å². The molecule has 6 nitrogen and oxygen atoms in total. The molecular weight excluding hydrogens is 320 g/mol. The largest absolute Gasteiger partial charge is 0.495 e. The molecule has 0 radical (unpaired) electrons. The summed E-state index contributed by atoms with van der Waals surface area (Å²) >= 11 is 0. The van der Waals surface area contributed by atoms with Crippen molar-refractivity contribution < 1.29 is 19.1 Å². The number of rotatable bonds is 3. The van der Waals surface area contributed by atoms with Gasteiger partial charge in [0.2, 0.25) is 0 Å². The predicted octanol–water partition coefficient (Wildman–Crippen LogP) is 2.23. The first kappa shape index (κ1) is 17.0. The van der Waals surface area contributed by atoms with Crippen LogP contribution in [0.1, 0.15) is 11.7 Å². The van der Waals surface area contributed by atoms with Gasteiger partial charge in [-0.05, 0) is 17.7 Å². The van der Waals surface area contributed by atoms with E-state index in [1.54, 1.807) is 24.3 Å². The van der Waals surface area contributed by atoms with E-state index < -0.39 is 11.8 Å². The molecule has 0 spiro atoms. The van der Waals surface area contributed by atoms with Crippen molar-refractivity contribution in [3.05, 3.63) is 60.2 Å². The van der Waals surface area contributed by atoms with Gasteiger partial charge in [-0.15, -0.1) is 0 Å². The first-order chi connectivity index (χ1) is 12.2. The van der Waals surface area contributed by atoms with Gasteiger partial charge in [0.05, 0.1) is 25.9 Å². The van der Waals surface area contributed by atoms with Crippen molar-refractivity contribution in [2.24, 2.45) is 0 Å². The number of benzene rings is 2. The summed E-state index contributed by atoms with van der Waals surface area (Å²) in [5.41, 5.74) is 1.46. The maximum atomic E-state index is 12.5. The second-order valence-corrected chi connectivity index (χ2v) is 5.68. The fourth-order valence-electron chi connectivity index (χ4n) is 2.77. The Kier molecular flexibility index (Phi) is 5.30. The lowest BCUT2D eigenvalue weighted by atomic mass is 10.1. The highest BCUT2D eigenvalue weighted by atomic mass is 16.5. The summed E-state index contributed by atoms with van der Waals surface area (Å²) in [6, 6.07) is 16.7. The van der Waals surface area contributed by atoms with E-state index in [1.807, 2.05) is 30.3 Å². The molecule has 1 fully saturated rings. The van der Waals surface area contributed by atoms with Gasteiger partial charge in [0.1, 0.15) is 11.9 Å². The third-order valence-corrected chi connectivity index (χ3v) is 4.07. The van der Waals surface area contributed by atoms with E-state index in [0.29, 0.717) is 31.1 Å². The fourth-order valence-corrected chi connectivity index (χ4v) is 2.77. The molecule has 1 saturated heterocycles. The number of anilines is 1. The maximum absolute atomic E-state index is 12.5. The monoisotopic (exact) mass is 340 g/mol. The first-order valence-corrected chi connectivity index (χ1v) is 8.09. The Bertz CT molecular complexity index is 748. The zero-order valence-electron chi connectivity index (χ0n) is 14.0. The smallest absolute Gasteiger partial charge is 0.314 e. The van der Waals surface area contributed by atoms with Crippen LogP contribution in [-0.2, 0) is 14.3 Å². The van der Waals surface area contributed by atoms with Gasteiger partial charge in [-0.25, -0.2) is 0 Å². The van der Waals surface area contributed by atoms with Crippen LogP contribution in [0.25, 0.3) is 0 Å². The summed E-state index contributed by atoms with van der Waals surface area (Å²) in [6.45, 7) is 1.14. The van der Waals surface area contributed by atoms with Crippen LogP contribution < -0.4 is 10.1 Å². The molecule has 2 aromatic carbocycles. The summed E-state index contributed by atoms with van der Waals surface area (Å²) < 4.78 is 10.9. The number of para-hydroxylation sites is 2. The highest BCUT2D eigenvalue weighted by Crippen LogP contribution is 2.24. The van der Waals surface area contributed by atoms with Gasteiger partial charge in [-0.3, -0.25) is 9.59 Å². The Balaban J connectivity index is 1.66. The van der Waals surface area contributed by atoms with Crippen LogP contribution in [0.5, 0.6) is 5.75 Å². The van der Waals surface area contributed by atoms with Crippen molar-refractivity contribution in [1.29, 1.82) is 0 Å². The quantitative estimate of drug-likeness (QED) is 0.870. The van der Waals surface area contributed by atoms with Crippen molar-refractivity contribution in [1.82, 2.24) is 4.90 Å². The van der Waals surface area contributed by atoms with Crippen LogP contribution in [-0.4, -0.2) is 43.5 Å². The number of amides is 2. The summed E-state index contributed by atoms with van der Waals surface area (Å²) in [7, 11) is 1.51. The molecule has 1 atom stereocenters. The Morgan fingerprint density at radius 3 is 2.60 bits per heavy atom. The van der Waals surface area contributed by atoms with Gasteiger partial charge in [0.25, 0.3) is 0 Å². The van der Waals surface area contributed by atoms with Gasteiger partial charge in [0, 0.05) is 6.54 Å². The highest BCUT2D eigenvalue weighted by Gasteiger charge is 2.29. The third kappa shape index (κ3) is 3.97. The van der Waals surface area contributed by atoms with Crippen LogP contribution >= 0.6 is 0 Å². The van der Waals surface area contributed by atoms with E-state index in [-0.39, 0.29) is 6.10 Å². The van der Waals surface area contributed by atoms with Crippen molar-refractivity contribution in [3.8, 4) is 5.75 Å². The minimum absolute atomic E-state index is 0.224. The van der Waals surface area contributed by atoms with Crippen LogP contribution in [0.3, 0.4) is 0 Å². The molecule has 0 saturated carbocycles. The number of hydrogen-bond acceptors (Lipinski definition) is 4. The molecule has 0 aromatic heterocycles. The molecule has 25 heavy (non-hydrogen) atoms. The molecule has 1 N–H and O–H groups in total. The lowest BCUT2D eigenvalue weighted by Gasteiger charge is -2.32. The molecule has 0 aliphatic carbocycles. The van der Waals surface area contributed by atoms with E-state index in [1.165, 1.54) is 12.0 Å². The number of morpholine rings is 1. The third-order valence-electron chi connectivity index (χ3n) is 4.07. The average Bonchev–Trinajstić information content (AvgIpc) is 2.68. The van der Waals surface area contributed by atoms with Crippen LogP contribution in [0.15, 0.2) is 54.6 Å². The van der Waals surface area contributed by atoms with E-state index in [9.17, 15) is 9.59 Å². The molecule has 1 heterocycles. The summed E-state index contributed by atoms with van der Waals surface area (Å²) in [5, 5.41) is 2.62. The Hall–Kier alpha value is -2.86. The highest BCUT2D eigenvalue weighted by molar-refractivity contribution is 6.39. The number of carbonyl (C=O) groups is 2. The second kappa shape index (κ2) is 7.81. The molecule has 2 amide bonds. The molecular formula is C19H20N2O4. The van der Waals surface area contributed by atoms with Gasteiger partial charge < -0.3 is 19.7 Å². The van der Waals surface area contributed by atoms with Crippen molar-refractivity contribution in [2.45, 2.75) is 6.10 Å². The molecule has 0 bridgehead atoms. The van der Waals surface area contributed by atoms with E-state index in [0.717, 1.165) is 5.56 Å². The van der Waals surface area contributed by atoms with Crippen molar-refractivity contribution in [2.75, 3.05) is 32.1 Å². The fraction of sp³-hybridized carbons (Fsp3) is 0.263. The molecule has 130 valence electrons. The van der Waals surface area contributed by atoms with Crippen LogP contribution in [0.2, 0.25) is 0 Å². The van der Waals surface area contributed by atoms with E-state index in [2.05, 4.69) is 5.32 Å². The molecule has 0 unspecified atom stereocenters. The number of methoxy groups -OCH3 is 1.